The van der Waals surface area contributed by atoms with Crippen molar-refractivity contribution in [1.29, 1.82) is 0 Å². The molecule has 3 heteroatoms. The van der Waals surface area contributed by atoms with Gasteiger partial charge in [0, 0.05) is 11.2 Å². The molecule has 0 aliphatic heterocycles. The van der Waals surface area contributed by atoms with E-state index in [1.54, 1.807) is 0 Å². The second-order valence-corrected chi connectivity index (χ2v) is 8.55. The summed E-state index contributed by atoms with van der Waals surface area (Å²) < 4.78 is 0. The quantitative estimate of drug-likeness (QED) is 0.816. The molecule has 23 heavy (non-hydrogen) atoms. The second kappa shape index (κ2) is 5.25. The third-order valence-corrected chi connectivity index (χ3v) is 6.33. The summed E-state index contributed by atoms with van der Waals surface area (Å²) >= 11 is 0. The molecule has 0 spiro atoms. The first-order chi connectivity index (χ1) is 10.9. The largest absolute Gasteiger partial charge is 0.332 e. The number of carbonyl (C=O) groups is 1. The van der Waals surface area contributed by atoms with Gasteiger partial charge >= 0.3 is 6.03 Å². The van der Waals surface area contributed by atoms with Crippen LogP contribution in [0, 0.1) is 38.5 Å². The van der Waals surface area contributed by atoms with Crippen LogP contribution in [0.4, 0.5) is 10.5 Å². The van der Waals surface area contributed by atoms with Crippen LogP contribution < -0.4 is 10.6 Å². The van der Waals surface area contributed by atoms with Crippen molar-refractivity contribution in [2.24, 2.45) is 17.8 Å². The van der Waals surface area contributed by atoms with E-state index in [-0.39, 0.29) is 11.6 Å². The Hall–Kier alpha value is -1.51. The molecule has 0 heterocycles. The molecule has 0 aromatic heterocycles. The lowest BCUT2D eigenvalue weighted by Gasteiger charge is -2.56. The van der Waals surface area contributed by atoms with Gasteiger partial charge in [0.2, 0.25) is 0 Å². The van der Waals surface area contributed by atoms with Crippen LogP contribution in [-0.4, -0.2) is 11.6 Å². The highest BCUT2D eigenvalue weighted by molar-refractivity contribution is 5.91. The van der Waals surface area contributed by atoms with Gasteiger partial charge in [-0.15, -0.1) is 0 Å². The fraction of sp³-hybridized carbons (Fsp3) is 0.650. The lowest BCUT2D eigenvalue weighted by molar-refractivity contribution is -0.0127. The summed E-state index contributed by atoms with van der Waals surface area (Å²) in [5, 5.41) is 6.52. The van der Waals surface area contributed by atoms with Crippen LogP contribution in [0.25, 0.3) is 0 Å². The molecule has 0 unspecified atom stereocenters. The number of benzene rings is 1. The molecule has 5 rings (SSSR count). The average molecular weight is 312 g/mol. The van der Waals surface area contributed by atoms with Crippen LogP contribution in [0.3, 0.4) is 0 Å². The minimum Gasteiger partial charge on any atom is -0.332 e. The van der Waals surface area contributed by atoms with Crippen LogP contribution in [0.5, 0.6) is 0 Å². The van der Waals surface area contributed by atoms with E-state index in [1.807, 2.05) is 0 Å². The predicted molar refractivity (Wildman–Crippen MR) is 93.7 cm³/mol. The number of aryl methyl sites for hydroxylation is 3. The van der Waals surface area contributed by atoms with E-state index >= 15 is 0 Å². The number of amides is 2. The maximum absolute atomic E-state index is 12.7. The molecule has 4 bridgehead atoms. The van der Waals surface area contributed by atoms with Crippen molar-refractivity contribution in [3.63, 3.8) is 0 Å². The third-order valence-electron chi connectivity index (χ3n) is 6.33. The SMILES string of the molecule is Cc1cc(C)c(NC(=O)NC23CC4CC(CC(C4)C2)C3)c(C)c1. The average Bonchev–Trinajstić information content (AvgIpc) is 2.40. The Labute approximate surface area is 139 Å². The van der Waals surface area contributed by atoms with Crippen LogP contribution >= 0.6 is 0 Å². The highest BCUT2D eigenvalue weighted by atomic mass is 16.2. The Balaban J connectivity index is 1.49. The number of anilines is 1. The summed E-state index contributed by atoms with van der Waals surface area (Å²) in [7, 11) is 0. The lowest BCUT2D eigenvalue weighted by Crippen LogP contribution is -2.60. The van der Waals surface area contributed by atoms with Gasteiger partial charge in [-0.2, -0.15) is 0 Å². The number of nitrogens with one attached hydrogen (secondary N) is 2. The van der Waals surface area contributed by atoms with Gasteiger partial charge in [0.25, 0.3) is 0 Å². The summed E-state index contributed by atoms with van der Waals surface area (Å²) in [6.07, 6.45) is 7.78. The normalized spacial score (nSPS) is 34.5. The summed E-state index contributed by atoms with van der Waals surface area (Å²) in [6.45, 7) is 6.24. The minimum absolute atomic E-state index is 0.0120. The fourth-order valence-corrected chi connectivity index (χ4v) is 6.03. The van der Waals surface area contributed by atoms with Crippen LogP contribution in [0.2, 0.25) is 0 Å². The Bertz CT molecular complexity index is 591. The van der Waals surface area contributed by atoms with E-state index in [0.717, 1.165) is 34.6 Å². The van der Waals surface area contributed by atoms with Crippen molar-refractivity contribution in [3.05, 3.63) is 28.8 Å². The van der Waals surface area contributed by atoms with Crippen LogP contribution in [0.1, 0.15) is 55.2 Å². The molecule has 4 aliphatic rings. The zero-order chi connectivity index (χ0) is 16.2. The second-order valence-electron chi connectivity index (χ2n) is 8.55. The summed E-state index contributed by atoms with van der Waals surface area (Å²) in [4.78, 5) is 12.7. The molecule has 2 N–H and O–H groups in total. The molecule has 4 saturated carbocycles. The van der Waals surface area contributed by atoms with Crippen molar-refractivity contribution >= 4 is 11.7 Å². The van der Waals surface area contributed by atoms with Crippen LogP contribution in [0.15, 0.2) is 12.1 Å². The monoisotopic (exact) mass is 312 g/mol. The van der Waals surface area contributed by atoms with Gasteiger partial charge < -0.3 is 10.6 Å². The molecule has 2 amide bonds. The Morgan fingerprint density at radius 3 is 1.91 bits per heavy atom. The third kappa shape index (κ3) is 2.75. The topological polar surface area (TPSA) is 41.1 Å². The number of urea groups is 1. The first-order valence-electron chi connectivity index (χ1n) is 9.09. The fourth-order valence-electron chi connectivity index (χ4n) is 6.03. The van der Waals surface area contributed by atoms with Gasteiger partial charge in [0.1, 0.15) is 0 Å². The zero-order valence-corrected chi connectivity index (χ0v) is 14.5. The summed E-state index contributed by atoms with van der Waals surface area (Å²) in [6, 6.07) is 4.25. The Morgan fingerprint density at radius 1 is 0.957 bits per heavy atom. The number of carbonyl (C=O) groups excluding carboxylic acids is 1. The molecule has 0 saturated heterocycles. The first-order valence-corrected chi connectivity index (χ1v) is 9.09. The number of hydrogen-bond donors (Lipinski definition) is 2. The first kappa shape index (κ1) is 15.0. The van der Waals surface area contributed by atoms with Gasteiger partial charge in [-0.05, 0) is 88.2 Å². The maximum Gasteiger partial charge on any atom is 0.319 e. The van der Waals surface area contributed by atoms with Gasteiger partial charge in [-0.3, -0.25) is 0 Å². The molecule has 1 aromatic carbocycles. The highest BCUT2D eigenvalue weighted by Gasteiger charge is 2.51. The van der Waals surface area contributed by atoms with Crippen molar-refractivity contribution in [2.75, 3.05) is 5.32 Å². The number of rotatable bonds is 2. The van der Waals surface area contributed by atoms with E-state index in [9.17, 15) is 4.79 Å². The molecule has 3 nitrogen and oxygen atoms in total. The van der Waals surface area contributed by atoms with E-state index in [0.29, 0.717) is 0 Å². The molecule has 124 valence electrons. The summed E-state index contributed by atoms with van der Waals surface area (Å²) in [5.41, 5.74) is 4.57. The van der Waals surface area contributed by atoms with Gasteiger partial charge in [0.15, 0.2) is 0 Å². The summed E-state index contributed by atoms with van der Waals surface area (Å²) in [5.74, 6) is 2.55. The lowest BCUT2D eigenvalue weighted by atomic mass is 9.53. The maximum atomic E-state index is 12.7. The van der Waals surface area contributed by atoms with E-state index < -0.39 is 0 Å². The molecule has 4 aliphatic carbocycles. The number of hydrogen-bond acceptors (Lipinski definition) is 1. The smallest absolute Gasteiger partial charge is 0.319 e. The van der Waals surface area contributed by atoms with E-state index in [4.69, 9.17) is 0 Å². The zero-order valence-electron chi connectivity index (χ0n) is 14.5. The van der Waals surface area contributed by atoms with Gasteiger partial charge in [0.05, 0.1) is 0 Å². The standard InChI is InChI=1S/C20H28N2O/c1-12-4-13(2)18(14(3)5-12)21-19(23)22-20-9-15-6-16(10-20)8-17(7-15)11-20/h4-5,15-17H,6-11H2,1-3H3,(H2,21,22,23). The molecular weight excluding hydrogens is 284 g/mol. The molecular formula is C20H28N2O. The van der Waals surface area contributed by atoms with Gasteiger partial charge in [-0.1, -0.05) is 17.7 Å². The molecule has 0 radical (unpaired) electrons. The molecule has 1 aromatic rings. The van der Waals surface area contributed by atoms with Crippen molar-refractivity contribution < 1.29 is 4.79 Å². The Morgan fingerprint density at radius 2 is 1.43 bits per heavy atom. The molecule has 0 atom stereocenters. The highest BCUT2D eigenvalue weighted by Crippen LogP contribution is 2.55. The minimum atomic E-state index is -0.0120. The Kier molecular flexibility index (Phi) is 3.44. The van der Waals surface area contributed by atoms with Crippen molar-refractivity contribution in [1.82, 2.24) is 5.32 Å². The molecule has 4 fully saturated rings. The van der Waals surface area contributed by atoms with Gasteiger partial charge in [-0.25, -0.2) is 4.79 Å². The van der Waals surface area contributed by atoms with Crippen molar-refractivity contribution in [3.8, 4) is 0 Å². The van der Waals surface area contributed by atoms with E-state index in [2.05, 4.69) is 43.5 Å². The predicted octanol–water partition coefficient (Wildman–Crippen LogP) is 4.70. The van der Waals surface area contributed by atoms with E-state index in [1.165, 1.54) is 44.1 Å². The van der Waals surface area contributed by atoms with Crippen molar-refractivity contribution in [2.45, 2.75) is 64.8 Å². The van der Waals surface area contributed by atoms with Crippen LogP contribution in [-0.2, 0) is 0 Å².